The third kappa shape index (κ3) is 5.09. The monoisotopic (exact) mass is 507 g/mol. The molecule has 0 aliphatic carbocycles. The number of nitrogens with zero attached hydrogens (tertiary/aromatic N) is 1. The van der Waals surface area contributed by atoms with Gasteiger partial charge in [-0.1, -0.05) is 61.3 Å². The number of imide groups is 1. The standard InChI is InChI=1S/C27H23Cl2N3O3/c1-15(2)17-8-11-21(12-9-17)32-26(34)23(29)24(27(32)35)30-19-6-4-5-18(13-19)25(33)31-20-10-7-16(3)22(28)14-20/h4-15,30H,1-3H3,(H,31,33). The maximum Gasteiger partial charge on any atom is 0.283 e. The molecule has 4 rings (SSSR count). The average molecular weight is 508 g/mol. The molecular formula is C27H23Cl2N3O3. The first-order valence-corrected chi connectivity index (χ1v) is 11.7. The lowest BCUT2D eigenvalue weighted by Gasteiger charge is -2.16. The summed E-state index contributed by atoms with van der Waals surface area (Å²) in [6, 6.07) is 19.0. The van der Waals surface area contributed by atoms with Crippen LogP contribution >= 0.6 is 23.2 Å². The number of carbonyl (C=O) groups is 3. The van der Waals surface area contributed by atoms with Gasteiger partial charge in [-0.2, -0.15) is 0 Å². The van der Waals surface area contributed by atoms with Gasteiger partial charge in [-0.05, 0) is 66.4 Å². The third-order valence-electron chi connectivity index (χ3n) is 5.67. The zero-order valence-corrected chi connectivity index (χ0v) is 20.9. The van der Waals surface area contributed by atoms with Crippen LogP contribution in [-0.2, 0) is 9.59 Å². The molecule has 0 saturated carbocycles. The molecule has 0 radical (unpaired) electrons. The highest BCUT2D eigenvalue weighted by Crippen LogP contribution is 2.31. The van der Waals surface area contributed by atoms with E-state index in [2.05, 4.69) is 24.5 Å². The molecule has 0 fully saturated rings. The van der Waals surface area contributed by atoms with E-state index in [1.54, 1.807) is 48.5 Å². The van der Waals surface area contributed by atoms with Gasteiger partial charge in [0.1, 0.15) is 10.7 Å². The predicted molar refractivity (Wildman–Crippen MR) is 140 cm³/mol. The first kappa shape index (κ1) is 24.5. The van der Waals surface area contributed by atoms with Crippen molar-refractivity contribution in [3.8, 4) is 0 Å². The Balaban J connectivity index is 1.52. The molecule has 0 unspecified atom stereocenters. The fraction of sp³-hybridized carbons (Fsp3) is 0.148. The summed E-state index contributed by atoms with van der Waals surface area (Å²) < 4.78 is 0. The van der Waals surface area contributed by atoms with Crippen molar-refractivity contribution in [3.63, 3.8) is 0 Å². The molecule has 1 aliphatic heterocycles. The van der Waals surface area contributed by atoms with E-state index in [-0.39, 0.29) is 16.6 Å². The van der Waals surface area contributed by atoms with Crippen molar-refractivity contribution in [3.05, 3.63) is 99.2 Å². The van der Waals surface area contributed by atoms with Crippen LogP contribution in [0.3, 0.4) is 0 Å². The summed E-state index contributed by atoms with van der Waals surface area (Å²) in [5.74, 6) is -1.21. The molecule has 0 bridgehead atoms. The summed E-state index contributed by atoms with van der Waals surface area (Å²) in [6.45, 7) is 6.00. The Morgan fingerprint density at radius 3 is 2.26 bits per heavy atom. The van der Waals surface area contributed by atoms with Crippen LogP contribution in [-0.4, -0.2) is 17.7 Å². The molecule has 0 saturated heterocycles. The van der Waals surface area contributed by atoms with Crippen LogP contribution in [0.1, 0.15) is 41.3 Å². The number of amides is 3. The van der Waals surface area contributed by atoms with Crippen molar-refractivity contribution >= 4 is 58.0 Å². The number of nitrogens with one attached hydrogen (secondary N) is 2. The van der Waals surface area contributed by atoms with Gasteiger partial charge in [0.2, 0.25) is 0 Å². The average Bonchev–Trinajstić information content (AvgIpc) is 3.04. The molecular weight excluding hydrogens is 485 g/mol. The number of anilines is 3. The van der Waals surface area contributed by atoms with E-state index in [0.29, 0.717) is 33.6 Å². The lowest BCUT2D eigenvalue weighted by Crippen LogP contribution is -2.32. The van der Waals surface area contributed by atoms with Gasteiger partial charge < -0.3 is 10.6 Å². The van der Waals surface area contributed by atoms with Crippen LogP contribution in [0.5, 0.6) is 0 Å². The molecule has 2 N–H and O–H groups in total. The molecule has 3 amide bonds. The maximum absolute atomic E-state index is 13.1. The van der Waals surface area contributed by atoms with Crippen LogP contribution in [0.25, 0.3) is 0 Å². The van der Waals surface area contributed by atoms with E-state index in [9.17, 15) is 14.4 Å². The van der Waals surface area contributed by atoms with Gasteiger partial charge in [0.25, 0.3) is 17.7 Å². The molecule has 3 aromatic carbocycles. The number of carbonyl (C=O) groups excluding carboxylic acids is 3. The summed E-state index contributed by atoms with van der Waals surface area (Å²) in [6.07, 6.45) is 0. The summed E-state index contributed by atoms with van der Waals surface area (Å²) >= 11 is 12.4. The largest absolute Gasteiger partial charge is 0.350 e. The molecule has 0 spiro atoms. The van der Waals surface area contributed by atoms with Crippen LogP contribution in [0.4, 0.5) is 17.1 Å². The van der Waals surface area contributed by atoms with Crippen LogP contribution < -0.4 is 15.5 Å². The van der Waals surface area contributed by atoms with Gasteiger partial charge in [0.15, 0.2) is 0 Å². The van der Waals surface area contributed by atoms with Crippen LogP contribution in [0.2, 0.25) is 5.02 Å². The molecule has 178 valence electrons. The molecule has 0 atom stereocenters. The van der Waals surface area contributed by atoms with Crippen molar-refractivity contribution in [1.82, 2.24) is 0 Å². The zero-order chi connectivity index (χ0) is 25.3. The topological polar surface area (TPSA) is 78.5 Å². The summed E-state index contributed by atoms with van der Waals surface area (Å²) in [5, 5.41) is 6.04. The Morgan fingerprint density at radius 1 is 0.886 bits per heavy atom. The molecule has 1 aliphatic rings. The smallest absolute Gasteiger partial charge is 0.283 e. The SMILES string of the molecule is Cc1ccc(NC(=O)c2cccc(NC3=C(Cl)C(=O)N(c4ccc(C(C)C)cc4)C3=O)c2)cc1Cl. The van der Waals surface area contributed by atoms with Crippen molar-refractivity contribution < 1.29 is 14.4 Å². The second-order valence-corrected chi connectivity index (χ2v) is 9.29. The Bertz CT molecular complexity index is 1360. The highest BCUT2D eigenvalue weighted by Gasteiger charge is 2.39. The molecule has 1 heterocycles. The Hall–Kier alpha value is -3.61. The number of hydrogen-bond donors (Lipinski definition) is 2. The minimum atomic E-state index is -0.610. The lowest BCUT2D eigenvalue weighted by molar-refractivity contribution is -0.120. The summed E-state index contributed by atoms with van der Waals surface area (Å²) in [7, 11) is 0. The molecule has 6 nitrogen and oxygen atoms in total. The van der Waals surface area contributed by atoms with Gasteiger partial charge in [-0.25, -0.2) is 4.90 Å². The van der Waals surface area contributed by atoms with E-state index >= 15 is 0 Å². The molecule has 8 heteroatoms. The van der Waals surface area contributed by atoms with E-state index in [4.69, 9.17) is 23.2 Å². The Morgan fingerprint density at radius 2 is 1.60 bits per heavy atom. The highest BCUT2D eigenvalue weighted by molar-refractivity contribution is 6.53. The number of hydrogen-bond acceptors (Lipinski definition) is 4. The van der Waals surface area contributed by atoms with Crippen molar-refractivity contribution in [2.75, 3.05) is 15.5 Å². The van der Waals surface area contributed by atoms with E-state index in [0.717, 1.165) is 16.0 Å². The van der Waals surface area contributed by atoms with Gasteiger partial charge in [0, 0.05) is 22.0 Å². The van der Waals surface area contributed by atoms with E-state index < -0.39 is 11.8 Å². The predicted octanol–water partition coefficient (Wildman–Crippen LogP) is 6.46. The fourth-order valence-corrected chi connectivity index (χ4v) is 4.00. The number of rotatable bonds is 6. The summed E-state index contributed by atoms with van der Waals surface area (Å²) in [4.78, 5) is 39.6. The minimum absolute atomic E-state index is 0.0486. The Labute approximate surface area is 213 Å². The first-order valence-electron chi connectivity index (χ1n) is 11.0. The van der Waals surface area contributed by atoms with Crippen molar-refractivity contribution in [2.45, 2.75) is 26.7 Å². The minimum Gasteiger partial charge on any atom is -0.350 e. The normalized spacial score (nSPS) is 13.6. The zero-order valence-electron chi connectivity index (χ0n) is 19.4. The molecule has 0 aromatic heterocycles. The maximum atomic E-state index is 13.1. The summed E-state index contributed by atoms with van der Waals surface area (Å²) in [5.41, 5.74) is 3.73. The van der Waals surface area contributed by atoms with Crippen molar-refractivity contribution in [2.24, 2.45) is 0 Å². The molecule has 35 heavy (non-hydrogen) atoms. The van der Waals surface area contributed by atoms with Crippen molar-refractivity contribution in [1.29, 1.82) is 0 Å². The second-order valence-electron chi connectivity index (χ2n) is 8.50. The lowest BCUT2D eigenvalue weighted by atomic mass is 10.0. The third-order valence-corrected chi connectivity index (χ3v) is 6.43. The van der Waals surface area contributed by atoms with Gasteiger partial charge >= 0.3 is 0 Å². The van der Waals surface area contributed by atoms with Crippen LogP contribution in [0, 0.1) is 6.92 Å². The number of aryl methyl sites for hydroxylation is 1. The number of benzene rings is 3. The number of halogens is 2. The van der Waals surface area contributed by atoms with E-state index in [1.807, 2.05) is 25.1 Å². The van der Waals surface area contributed by atoms with Gasteiger partial charge in [-0.15, -0.1) is 0 Å². The fourth-order valence-electron chi connectivity index (χ4n) is 3.61. The van der Waals surface area contributed by atoms with Gasteiger partial charge in [-0.3, -0.25) is 14.4 Å². The highest BCUT2D eigenvalue weighted by atomic mass is 35.5. The van der Waals surface area contributed by atoms with Gasteiger partial charge in [0.05, 0.1) is 5.69 Å². The van der Waals surface area contributed by atoms with Crippen LogP contribution in [0.15, 0.2) is 77.5 Å². The van der Waals surface area contributed by atoms with E-state index in [1.165, 1.54) is 0 Å². The quantitative estimate of drug-likeness (QED) is 0.375. The second kappa shape index (κ2) is 9.94. The Kier molecular flexibility index (Phi) is 6.96. The molecule has 3 aromatic rings. The first-order chi connectivity index (χ1) is 16.7.